The molecule has 0 radical (unpaired) electrons. The highest BCUT2D eigenvalue weighted by molar-refractivity contribution is 5.93. The summed E-state index contributed by atoms with van der Waals surface area (Å²) in [7, 11) is 0. The van der Waals surface area contributed by atoms with E-state index in [0.29, 0.717) is 17.7 Å². The molecule has 2 aliphatic rings. The van der Waals surface area contributed by atoms with Crippen LogP contribution in [0.3, 0.4) is 0 Å². The zero-order valence-corrected chi connectivity index (χ0v) is 16.8. The zero-order chi connectivity index (χ0) is 18.1. The summed E-state index contributed by atoms with van der Waals surface area (Å²) in [5.41, 5.74) is 2.73. The van der Waals surface area contributed by atoms with Gasteiger partial charge < -0.3 is 10.2 Å². The lowest BCUT2D eigenvalue weighted by atomic mass is 9.97. The second-order valence-corrected chi connectivity index (χ2v) is 7.60. The molecular weight excluding hydrogens is 362 g/mol. The van der Waals surface area contributed by atoms with Gasteiger partial charge in [0.2, 0.25) is 0 Å². The Hall–Kier alpha value is -1.92. The number of amides is 1. The molecule has 6 nitrogen and oxygen atoms in total. The van der Waals surface area contributed by atoms with Crippen LogP contribution in [0.5, 0.6) is 0 Å². The molecule has 1 aromatic carbocycles. The number of benzene rings is 1. The van der Waals surface area contributed by atoms with E-state index in [1.165, 1.54) is 5.56 Å². The van der Waals surface area contributed by atoms with E-state index in [9.17, 15) is 4.79 Å². The predicted molar refractivity (Wildman–Crippen MR) is 107 cm³/mol. The van der Waals surface area contributed by atoms with Gasteiger partial charge in [0.05, 0.1) is 11.7 Å². The first-order valence-electron chi connectivity index (χ1n) is 9.63. The molecule has 3 heterocycles. The van der Waals surface area contributed by atoms with Gasteiger partial charge in [-0.25, -0.2) is 4.68 Å². The first-order chi connectivity index (χ1) is 12.6. The highest BCUT2D eigenvalue weighted by atomic mass is 35.5. The number of likely N-dealkylation sites (tertiary alicyclic amines) is 1. The monoisotopic (exact) mass is 389 g/mol. The molecular formula is C20H28ClN5O. The number of nitrogens with one attached hydrogen (secondary N) is 1. The molecule has 1 N–H and O–H groups in total. The van der Waals surface area contributed by atoms with E-state index >= 15 is 0 Å². The lowest BCUT2D eigenvalue weighted by Crippen LogP contribution is -2.35. The van der Waals surface area contributed by atoms with Gasteiger partial charge in [-0.3, -0.25) is 4.79 Å². The molecule has 7 heteroatoms. The van der Waals surface area contributed by atoms with Crippen LogP contribution in [0, 0.1) is 6.92 Å². The van der Waals surface area contributed by atoms with Crippen LogP contribution >= 0.6 is 12.4 Å². The van der Waals surface area contributed by atoms with Crippen LogP contribution in [0.1, 0.15) is 59.9 Å². The molecule has 1 aromatic heterocycles. The highest BCUT2D eigenvalue weighted by Gasteiger charge is 2.36. The molecule has 2 aromatic rings. The minimum Gasteiger partial charge on any atom is -0.334 e. The maximum absolute atomic E-state index is 13.1. The lowest BCUT2D eigenvalue weighted by Gasteiger charge is -2.24. The van der Waals surface area contributed by atoms with Crippen LogP contribution in [-0.4, -0.2) is 51.5 Å². The molecule has 0 aliphatic carbocycles. The Bertz CT molecular complexity index is 772. The third-order valence-electron chi connectivity index (χ3n) is 5.89. The topological polar surface area (TPSA) is 63.1 Å². The van der Waals surface area contributed by atoms with Gasteiger partial charge in [-0.2, -0.15) is 0 Å². The van der Waals surface area contributed by atoms with Crippen molar-refractivity contribution in [1.29, 1.82) is 0 Å². The number of carbonyl (C=O) groups is 1. The molecule has 2 fully saturated rings. The number of aromatic nitrogens is 3. The van der Waals surface area contributed by atoms with Crippen LogP contribution in [0.4, 0.5) is 0 Å². The van der Waals surface area contributed by atoms with Gasteiger partial charge in [0, 0.05) is 18.5 Å². The molecule has 2 unspecified atom stereocenters. The highest BCUT2D eigenvalue weighted by Crippen LogP contribution is 2.32. The second-order valence-electron chi connectivity index (χ2n) is 7.60. The minimum absolute atomic E-state index is 0. The molecule has 0 spiro atoms. The SMILES string of the molecule is Cc1c(C(=O)N2CC(c3ccccc3)CC2C)nnn1C1CCNCC1.Cl. The lowest BCUT2D eigenvalue weighted by molar-refractivity contribution is 0.0739. The maximum atomic E-state index is 13.1. The predicted octanol–water partition coefficient (Wildman–Crippen LogP) is 2.95. The van der Waals surface area contributed by atoms with Crippen molar-refractivity contribution >= 4 is 18.3 Å². The third-order valence-corrected chi connectivity index (χ3v) is 5.89. The Balaban J connectivity index is 0.00000210. The van der Waals surface area contributed by atoms with Gasteiger partial charge in [0.1, 0.15) is 0 Å². The average molecular weight is 390 g/mol. The molecule has 146 valence electrons. The summed E-state index contributed by atoms with van der Waals surface area (Å²) in [6, 6.07) is 11.1. The third kappa shape index (κ3) is 3.87. The Morgan fingerprint density at radius 3 is 2.59 bits per heavy atom. The summed E-state index contributed by atoms with van der Waals surface area (Å²) in [5.74, 6) is 0.420. The van der Waals surface area contributed by atoms with E-state index in [-0.39, 0.29) is 24.4 Å². The van der Waals surface area contributed by atoms with E-state index < -0.39 is 0 Å². The van der Waals surface area contributed by atoms with E-state index in [1.54, 1.807) is 0 Å². The van der Waals surface area contributed by atoms with E-state index in [0.717, 1.165) is 44.6 Å². The second kappa shape index (κ2) is 8.40. The quantitative estimate of drug-likeness (QED) is 0.876. The van der Waals surface area contributed by atoms with Crippen molar-refractivity contribution in [3.63, 3.8) is 0 Å². The van der Waals surface area contributed by atoms with Crippen LogP contribution < -0.4 is 5.32 Å². The van der Waals surface area contributed by atoms with E-state index in [1.807, 2.05) is 22.6 Å². The first-order valence-corrected chi connectivity index (χ1v) is 9.63. The fraction of sp³-hybridized carbons (Fsp3) is 0.550. The first kappa shape index (κ1) is 19.8. The molecule has 2 aliphatic heterocycles. The van der Waals surface area contributed by atoms with Gasteiger partial charge >= 0.3 is 0 Å². The molecule has 1 amide bonds. The fourth-order valence-electron chi connectivity index (χ4n) is 4.35. The van der Waals surface area contributed by atoms with Crippen molar-refractivity contribution in [1.82, 2.24) is 25.2 Å². The summed E-state index contributed by atoms with van der Waals surface area (Å²) < 4.78 is 1.96. The number of hydrogen-bond acceptors (Lipinski definition) is 4. The number of piperidine rings is 1. The number of rotatable bonds is 3. The molecule has 2 atom stereocenters. The minimum atomic E-state index is 0. The largest absolute Gasteiger partial charge is 0.334 e. The maximum Gasteiger partial charge on any atom is 0.276 e. The summed E-state index contributed by atoms with van der Waals surface area (Å²) in [5, 5.41) is 12.0. The summed E-state index contributed by atoms with van der Waals surface area (Å²) >= 11 is 0. The standard InChI is InChI=1S/C20H27N5O.ClH/c1-14-12-17(16-6-4-3-5-7-16)13-24(14)20(26)19-15(2)25(23-22-19)18-8-10-21-11-9-18;/h3-7,14,17-18,21H,8-13H2,1-2H3;1H. The smallest absolute Gasteiger partial charge is 0.276 e. The van der Waals surface area contributed by atoms with E-state index in [2.05, 4.69) is 46.8 Å². The fourth-order valence-corrected chi connectivity index (χ4v) is 4.35. The van der Waals surface area contributed by atoms with Crippen molar-refractivity contribution in [3.8, 4) is 0 Å². The number of nitrogens with zero attached hydrogens (tertiary/aromatic N) is 4. The van der Waals surface area contributed by atoms with Crippen molar-refractivity contribution in [2.24, 2.45) is 0 Å². The molecule has 0 bridgehead atoms. The Morgan fingerprint density at radius 1 is 1.19 bits per heavy atom. The molecule has 0 saturated carbocycles. The molecule has 2 saturated heterocycles. The summed E-state index contributed by atoms with van der Waals surface area (Å²) in [6.45, 7) is 6.85. The molecule has 4 rings (SSSR count). The zero-order valence-electron chi connectivity index (χ0n) is 16.0. The van der Waals surface area contributed by atoms with Crippen molar-refractivity contribution in [2.45, 2.75) is 51.1 Å². The van der Waals surface area contributed by atoms with Crippen LogP contribution in [0.15, 0.2) is 30.3 Å². The van der Waals surface area contributed by atoms with Crippen molar-refractivity contribution in [3.05, 3.63) is 47.3 Å². The number of hydrogen-bond donors (Lipinski definition) is 1. The number of carbonyl (C=O) groups excluding carboxylic acids is 1. The van der Waals surface area contributed by atoms with Gasteiger partial charge in [0.15, 0.2) is 5.69 Å². The Kier molecular flexibility index (Phi) is 6.17. The summed E-state index contributed by atoms with van der Waals surface area (Å²) in [4.78, 5) is 15.1. The van der Waals surface area contributed by atoms with Gasteiger partial charge in [0.25, 0.3) is 5.91 Å². The van der Waals surface area contributed by atoms with Crippen molar-refractivity contribution < 1.29 is 4.79 Å². The van der Waals surface area contributed by atoms with Crippen LogP contribution in [0.25, 0.3) is 0 Å². The Morgan fingerprint density at radius 2 is 1.89 bits per heavy atom. The van der Waals surface area contributed by atoms with Gasteiger partial charge in [-0.15, -0.1) is 17.5 Å². The molecule has 27 heavy (non-hydrogen) atoms. The Labute approximate surface area is 166 Å². The van der Waals surface area contributed by atoms with E-state index in [4.69, 9.17) is 0 Å². The summed E-state index contributed by atoms with van der Waals surface area (Å²) in [6.07, 6.45) is 3.07. The van der Waals surface area contributed by atoms with Crippen molar-refractivity contribution in [2.75, 3.05) is 19.6 Å². The number of halogens is 1. The van der Waals surface area contributed by atoms with Gasteiger partial charge in [-0.1, -0.05) is 35.5 Å². The normalized spacial score (nSPS) is 23.3. The van der Waals surface area contributed by atoms with Crippen LogP contribution in [0.2, 0.25) is 0 Å². The van der Waals surface area contributed by atoms with Gasteiger partial charge in [-0.05, 0) is 51.8 Å². The average Bonchev–Trinajstić information content (AvgIpc) is 3.26. The van der Waals surface area contributed by atoms with Crippen LogP contribution in [-0.2, 0) is 0 Å².